The van der Waals surface area contributed by atoms with Crippen LogP contribution >= 0.6 is 0 Å². The second-order valence-corrected chi connectivity index (χ2v) is 8.41. The minimum atomic E-state index is -4.83. The number of ether oxygens (including phenoxy) is 1. The van der Waals surface area contributed by atoms with E-state index in [-0.39, 0.29) is 17.3 Å². The molecule has 0 spiro atoms. The lowest BCUT2D eigenvalue weighted by molar-refractivity contribution is -0.189. The summed E-state index contributed by atoms with van der Waals surface area (Å²) in [6.45, 7) is 3.49. The second-order valence-electron chi connectivity index (χ2n) is 8.41. The Hall–Kier alpha value is -3.61. The van der Waals surface area contributed by atoms with Crippen molar-refractivity contribution in [1.29, 1.82) is 0 Å². The van der Waals surface area contributed by atoms with E-state index in [2.05, 4.69) is 15.4 Å². The van der Waals surface area contributed by atoms with Crippen molar-refractivity contribution in [2.75, 3.05) is 5.32 Å². The SMILES string of the molecule is CC(Oc1cc(-c2nc(C(C)(C)O)n(C)n2)c(F)cc1C(=O)Nc1ccccc1C(F)F)C(F)(F)F. The van der Waals surface area contributed by atoms with Crippen LogP contribution in [0.25, 0.3) is 11.4 Å². The van der Waals surface area contributed by atoms with Crippen LogP contribution in [0.15, 0.2) is 36.4 Å². The van der Waals surface area contributed by atoms with Crippen molar-refractivity contribution in [1.82, 2.24) is 14.8 Å². The third-order valence-corrected chi connectivity index (χ3v) is 5.07. The Morgan fingerprint density at radius 1 is 1.17 bits per heavy atom. The number of benzene rings is 2. The number of aromatic nitrogens is 3. The molecule has 1 heterocycles. The Morgan fingerprint density at radius 3 is 2.36 bits per heavy atom. The first-order valence-electron chi connectivity index (χ1n) is 10.5. The van der Waals surface area contributed by atoms with Crippen molar-refractivity contribution in [2.24, 2.45) is 7.05 Å². The van der Waals surface area contributed by atoms with Gasteiger partial charge in [-0.05, 0) is 39.0 Å². The van der Waals surface area contributed by atoms with Gasteiger partial charge >= 0.3 is 6.18 Å². The smallest absolute Gasteiger partial charge is 0.425 e. The van der Waals surface area contributed by atoms with Crippen molar-refractivity contribution in [2.45, 2.75) is 45.1 Å². The van der Waals surface area contributed by atoms with Gasteiger partial charge in [0.25, 0.3) is 12.3 Å². The summed E-state index contributed by atoms with van der Waals surface area (Å²) in [6.07, 6.45) is -10.2. The molecule has 13 heteroatoms. The highest BCUT2D eigenvalue weighted by Gasteiger charge is 2.39. The van der Waals surface area contributed by atoms with Crippen LogP contribution in [0.5, 0.6) is 5.75 Å². The first kappa shape index (κ1) is 27.0. The summed E-state index contributed by atoms with van der Waals surface area (Å²) in [5, 5.41) is 16.4. The lowest BCUT2D eigenvalue weighted by Crippen LogP contribution is -2.32. The van der Waals surface area contributed by atoms with Crippen LogP contribution in [-0.2, 0) is 12.6 Å². The molecule has 3 aromatic rings. The lowest BCUT2D eigenvalue weighted by Gasteiger charge is -2.20. The van der Waals surface area contributed by atoms with E-state index in [4.69, 9.17) is 4.74 Å². The summed E-state index contributed by atoms with van der Waals surface area (Å²) >= 11 is 0. The number of nitrogens with zero attached hydrogens (tertiary/aromatic N) is 3. The largest absolute Gasteiger partial charge is 0.480 e. The molecule has 0 radical (unpaired) electrons. The third-order valence-electron chi connectivity index (χ3n) is 5.07. The molecular weight excluding hydrogens is 494 g/mol. The van der Waals surface area contributed by atoms with Crippen molar-refractivity contribution >= 4 is 11.6 Å². The molecule has 7 nitrogen and oxygen atoms in total. The van der Waals surface area contributed by atoms with Crippen LogP contribution in [0.4, 0.5) is 32.0 Å². The average Bonchev–Trinajstić information content (AvgIpc) is 3.16. The summed E-state index contributed by atoms with van der Waals surface area (Å²) in [4.78, 5) is 16.9. The molecule has 0 aliphatic heterocycles. The molecule has 0 bridgehead atoms. The van der Waals surface area contributed by atoms with Gasteiger partial charge in [0.2, 0.25) is 0 Å². The van der Waals surface area contributed by atoms with E-state index in [0.29, 0.717) is 13.0 Å². The number of aryl methyl sites for hydroxylation is 1. The number of aliphatic hydroxyl groups is 1. The summed E-state index contributed by atoms with van der Waals surface area (Å²) < 4.78 is 87.4. The van der Waals surface area contributed by atoms with Crippen LogP contribution in [-0.4, -0.2) is 38.1 Å². The maximum absolute atomic E-state index is 15.1. The number of anilines is 1. The van der Waals surface area contributed by atoms with E-state index in [9.17, 15) is 31.9 Å². The van der Waals surface area contributed by atoms with Crippen molar-refractivity contribution in [3.63, 3.8) is 0 Å². The zero-order valence-corrected chi connectivity index (χ0v) is 19.5. The number of halogens is 6. The van der Waals surface area contributed by atoms with E-state index >= 15 is 4.39 Å². The molecule has 194 valence electrons. The number of alkyl halides is 5. The van der Waals surface area contributed by atoms with Crippen LogP contribution in [0.3, 0.4) is 0 Å². The van der Waals surface area contributed by atoms with Gasteiger partial charge in [-0.1, -0.05) is 18.2 Å². The molecule has 3 rings (SSSR count). The van der Waals surface area contributed by atoms with Gasteiger partial charge in [-0.3, -0.25) is 4.79 Å². The quantitative estimate of drug-likeness (QED) is 0.413. The Bertz CT molecular complexity index is 1270. The molecule has 2 N–H and O–H groups in total. The summed E-state index contributed by atoms with van der Waals surface area (Å²) in [6, 6.07) is 6.32. The van der Waals surface area contributed by atoms with Gasteiger partial charge in [0.1, 0.15) is 17.2 Å². The minimum absolute atomic E-state index is 0.0356. The normalized spacial score (nSPS) is 13.1. The predicted octanol–water partition coefficient (Wildman–Crippen LogP) is 5.37. The molecule has 1 unspecified atom stereocenters. The van der Waals surface area contributed by atoms with Crippen LogP contribution in [0.2, 0.25) is 0 Å². The Balaban J connectivity index is 2.11. The third kappa shape index (κ3) is 5.78. The fourth-order valence-electron chi connectivity index (χ4n) is 3.28. The first-order chi connectivity index (χ1) is 16.6. The number of hydrogen-bond donors (Lipinski definition) is 2. The van der Waals surface area contributed by atoms with Crippen molar-refractivity contribution in [3.8, 4) is 17.1 Å². The lowest BCUT2D eigenvalue weighted by atomic mass is 10.1. The van der Waals surface area contributed by atoms with Crippen molar-refractivity contribution < 1.29 is 41.0 Å². The van der Waals surface area contributed by atoms with Gasteiger partial charge in [-0.25, -0.2) is 22.8 Å². The van der Waals surface area contributed by atoms with E-state index < -0.39 is 58.5 Å². The highest BCUT2D eigenvalue weighted by Crippen LogP contribution is 2.34. The monoisotopic (exact) mass is 516 g/mol. The molecule has 36 heavy (non-hydrogen) atoms. The average molecular weight is 516 g/mol. The Labute approximate surface area is 201 Å². The highest BCUT2D eigenvalue weighted by molar-refractivity contribution is 6.07. The standard InChI is InChI=1S/C23H22F6N4O3/c1-11(23(27,28)29)36-17-10-13(19-31-21(22(2,3)35)33(4)32-19)15(24)9-14(17)20(34)30-16-8-6-5-7-12(16)18(25)26/h5-11,18,35H,1-4H3,(H,30,34). The zero-order valence-electron chi connectivity index (χ0n) is 19.5. The van der Waals surface area contributed by atoms with Gasteiger partial charge in [0, 0.05) is 18.3 Å². The van der Waals surface area contributed by atoms with Crippen LogP contribution < -0.4 is 10.1 Å². The number of carbonyl (C=O) groups is 1. The van der Waals surface area contributed by atoms with Gasteiger partial charge < -0.3 is 15.2 Å². The Kier molecular flexibility index (Phi) is 7.35. The van der Waals surface area contributed by atoms with E-state index in [1.807, 2.05) is 0 Å². The highest BCUT2D eigenvalue weighted by atomic mass is 19.4. The number of amides is 1. The molecule has 0 saturated carbocycles. The molecule has 0 aliphatic carbocycles. The van der Waals surface area contributed by atoms with E-state index in [1.165, 1.54) is 39.1 Å². The van der Waals surface area contributed by atoms with Crippen LogP contribution in [0.1, 0.15) is 48.9 Å². The number of carbonyl (C=O) groups excluding carboxylic acids is 1. The molecule has 1 atom stereocenters. The molecule has 1 amide bonds. The topological polar surface area (TPSA) is 89.3 Å². The van der Waals surface area contributed by atoms with E-state index in [1.54, 1.807) is 0 Å². The molecule has 0 fully saturated rings. The Morgan fingerprint density at radius 2 is 1.81 bits per heavy atom. The van der Waals surface area contributed by atoms with Gasteiger partial charge in [0.15, 0.2) is 17.8 Å². The summed E-state index contributed by atoms with van der Waals surface area (Å²) in [5.74, 6) is -3.20. The number of hydrogen-bond acceptors (Lipinski definition) is 5. The number of rotatable bonds is 7. The fraction of sp³-hybridized carbons (Fsp3) is 0.348. The first-order valence-corrected chi connectivity index (χ1v) is 10.5. The zero-order chi connectivity index (χ0) is 27.0. The molecule has 0 aliphatic rings. The molecule has 1 aromatic heterocycles. The number of nitrogens with one attached hydrogen (secondary N) is 1. The predicted molar refractivity (Wildman–Crippen MR) is 117 cm³/mol. The van der Waals surface area contributed by atoms with Gasteiger partial charge in [-0.2, -0.15) is 18.3 Å². The molecular formula is C23H22F6N4O3. The maximum Gasteiger partial charge on any atom is 0.425 e. The van der Waals surface area contributed by atoms with Crippen molar-refractivity contribution in [3.05, 3.63) is 59.2 Å². The molecule has 2 aromatic carbocycles. The fourth-order valence-corrected chi connectivity index (χ4v) is 3.28. The maximum atomic E-state index is 15.1. The van der Waals surface area contributed by atoms with Gasteiger partial charge in [-0.15, -0.1) is 0 Å². The van der Waals surface area contributed by atoms with E-state index in [0.717, 1.165) is 16.8 Å². The summed E-state index contributed by atoms with van der Waals surface area (Å²) in [7, 11) is 1.42. The summed E-state index contributed by atoms with van der Waals surface area (Å²) in [5.41, 5.74) is -3.40. The second kappa shape index (κ2) is 9.80. The van der Waals surface area contributed by atoms with Gasteiger partial charge in [0.05, 0.1) is 11.1 Å². The minimum Gasteiger partial charge on any atom is -0.480 e. The van der Waals surface area contributed by atoms with Crippen LogP contribution in [0, 0.1) is 5.82 Å². The molecule has 0 saturated heterocycles. The number of para-hydroxylation sites is 1.